The number of benzene rings is 1. The van der Waals surface area contributed by atoms with Gasteiger partial charge in [0.25, 0.3) is 0 Å². The molecule has 1 aromatic carbocycles. The summed E-state index contributed by atoms with van der Waals surface area (Å²) in [5.41, 5.74) is 1.08. The second-order valence-electron chi connectivity index (χ2n) is 4.28. The van der Waals surface area contributed by atoms with Crippen molar-refractivity contribution in [2.45, 2.75) is 33.0 Å². The topological polar surface area (TPSA) is 29.9 Å². The molecule has 1 aromatic heterocycles. The molecule has 0 bridgehead atoms. The number of hydrogen-bond acceptors (Lipinski definition) is 2. The first-order valence-electron chi connectivity index (χ1n) is 6.19. The van der Waals surface area contributed by atoms with Gasteiger partial charge >= 0.3 is 0 Å². The minimum absolute atomic E-state index is 0.174. The van der Waals surface area contributed by atoms with Gasteiger partial charge in [0.1, 0.15) is 11.6 Å². The molecule has 0 fully saturated rings. The van der Waals surface area contributed by atoms with Gasteiger partial charge in [0.2, 0.25) is 0 Å². The fraction of sp³-hybridized carbons (Fsp3) is 0.357. The van der Waals surface area contributed by atoms with Gasteiger partial charge in [0, 0.05) is 25.0 Å². The first-order valence-corrected chi connectivity index (χ1v) is 6.19. The Balaban J connectivity index is 1.96. The van der Waals surface area contributed by atoms with Crippen LogP contribution < -0.4 is 5.32 Å². The van der Waals surface area contributed by atoms with Crippen LogP contribution in [-0.4, -0.2) is 9.55 Å². The molecule has 0 spiro atoms. The van der Waals surface area contributed by atoms with Crippen molar-refractivity contribution in [3.05, 3.63) is 53.9 Å². The van der Waals surface area contributed by atoms with E-state index in [4.69, 9.17) is 0 Å². The van der Waals surface area contributed by atoms with Crippen molar-refractivity contribution in [1.82, 2.24) is 14.9 Å². The van der Waals surface area contributed by atoms with E-state index in [1.165, 1.54) is 12.1 Å². The molecule has 0 radical (unpaired) electrons. The highest BCUT2D eigenvalue weighted by atomic mass is 19.1. The first kappa shape index (κ1) is 12.8. The van der Waals surface area contributed by atoms with Crippen molar-refractivity contribution in [3.8, 4) is 0 Å². The van der Waals surface area contributed by atoms with Gasteiger partial charge in [-0.15, -0.1) is 0 Å². The third kappa shape index (κ3) is 2.96. The molecule has 4 heteroatoms. The average molecular weight is 247 g/mol. The Morgan fingerprint density at radius 1 is 1.33 bits per heavy atom. The molecule has 0 aliphatic heterocycles. The molecule has 0 aliphatic carbocycles. The van der Waals surface area contributed by atoms with E-state index in [2.05, 4.69) is 28.7 Å². The molecule has 0 unspecified atom stereocenters. The molecule has 1 N–H and O–H groups in total. The summed E-state index contributed by atoms with van der Waals surface area (Å²) in [7, 11) is 0. The van der Waals surface area contributed by atoms with Gasteiger partial charge in [-0.05, 0) is 31.5 Å². The SMILES string of the molecule is CCn1ccnc1CN[C@H](C)c1ccc(F)cc1. The van der Waals surface area contributed by atoms with Crippen LogP contribution in [0.5, 0.6) is 0 Å². The van der Waals surface area contributed by atoms with Crippen molar-refractivity contribution in [2.75, 3.05) is 0 Å². The molecule has 0 aliphatic rings. The Hall–Kier alpha value is -1.68. The van der Waals surface area contributed by atoms with Gasteiger partial charge in [0.15, 0.2) is 0 Å². The monoisotopic (exact) mass is 247 g/mol. The quantitative estimate of drug-likeness (QED) is 0.880. The van der Waals surface area contributed by atoms with Gasteiger partial charge < -0.3 is 9.88 Å². The molecule has 2 rings (SSSR count). The van der Waals surface area contributed by atoms with Crippen LogP contribution in [0, 0.1) is 5.82 Å². The van der Waals surface area contributed by atoms with Crippen molar-refractivity contribution in [1.29, 1.82) is 0 Å². The van der Waals surface area contributed by atoms with Crippen LogP contribution in [0.25, 0.3) is 0 Å². The predicted octanol–water partition coefficient (Wildman–Crippen LogP) is 2.89. The third-order valence-corrected chi connectivity index (χ3v) is 3.08. The second-order valence-corrected chi connectivity index (χ2v) is 4.28. The normalized spacial score (nSPS) is 12.6. The number of rotatable bonds is 5. The zero-order chi connectivity index (χ0) is 13.0. The van der Waals surface area contributed by atoms with E-state index in [-0.39, 0.29) is 11.9 Å². The summed E-state index contributed by atoms with van der Waals surface area (Å²) in [6.45, 7) is 5.78. The van der Waals surface area contributed by atoms with Gasteiger partial charge in [-0.25, -0.2) is 9.37 Å². The maximum atomic E-state index is 12.8. The van der Waals surface area contributed by atoms with Crippen molar-refractivity contribution in [2.24, 2.45) is 0 Å². The molecule has 1 atom stereocenters. The van der Waals surface area contributed by atoms with E-state index < -0.39 is 0 Å². The summed E-state index contributed by atoms with van der Waals surface area (Å²) in [6.07, 6.45) is 3.78. The Morgan fingerprint density at radius 2 is 2.06 bits per heavy atom. The Labute approximate surface area is 107 Å². The maximum absolute atomic E-state index is 12.8. The summed E-state index contributed by atoms with van der Waals surface area (Å²) in [5, 5.41) is 3.39. The summed E-state index contributed by atoms with van der Waals surface area (Å²) in [4.78, 5) is 4.31. The highest BCUT2D eigenvalue weighted by Crippen LogP contribution is 2.13. The zero-order valence-corrected chi connectivity index (χ0v) is 10.7. The van der Waals surface area contributed by atoms with E-state index in [1.54, 1.807) is 12.1 Å². The summed E-state index contributed by atoms with van der Waals surface area (Å²) < 4.78 is 14.9. The number of nitrogens with one attached hydrogen (secondary N) is 1. The molecular formula is C14H18FN3. The highest BCUT2D eigenvalue weighted by Gasteiger charge is 2.07. The van der Waals surface area contributed by atoms with Crippen molar-refractivity contribution >= 4 is 0 Å². The van der Waals surface area contributed by atoms with Gasteiger partial charge in [-0.3, -0.25) is 0 Å². The summed E-state index contributed by atoms with van der Waals surface area (Å²) in [6, 6.07) is 6.76. The lowest BCUT2D eigenvalue weighted by Crippen LogP contribution is -2.20. The Morgan fingerprint density at radius 3 is 2.72 bits per heavy atom. The molecule has 1 heterocycles. The predicted molar refractivity (Wildman–Crippen MR) is 69.6 cm³/mol. The molecule has 2 aromatic rings. The van der Waals surface area contributed by atoms with E-state index >= 15 is 0 Å². The number of halogens is 1. The lowest BCUT2D eigenvalue weighted by molar-refractivity contribution is 0.538. The minimum Gasteiger partial charge on any atom is -0.334 e. The lowest BCUT2D eigenvalue weighted by Gasteiger charge is -2.14. The summed E-state index contributed by atoms with van der Waals surface area (Å²) >= 11 is 0. The second kappa shape index (κ2) is 5.78. The van der Waals surface area contributed by atoms with Gasteiger partial charge in [0.05, 0.1) is 6.54 Å². The molecule has 0 saturated heterocycles. The van der Waals surface area contributed by atoms with Crippen molar-refractivity contribution in [3.63, 3.8) is 0 Å². The van der Waals surface area contributed by atoms with Crippen molar-refractivity contribution < 1.29 is 4.39 Å². The van der Waals surface area contributed by atoms with E-state index in [0.717, 1.165) is 17.9 Å². The van der Waals surface area contributed by atoms with Gasteiger partial charge in [-0.1, -0.05) is 12.1 Å². The largest absolute Gasteiger partial charge is 0.334 e. The van der Waals surface area contributed by atoms with E-state index in [0.29, 0.717) is 6.54 Å². The van der Waals surface area contributed by atoms with Crippen LogP contribution in [0.15, 0.2) is 36.7 Å². The molecule has 96 valence electrons. The van der Waals surface area contributed by atoms with Gasteiger partial charge in [-0.2, -0.15) is 0 Å². The standard InChI is InChI=1S/C14H18FN3/c1-3-18-9-8-16-14(18)10-17-11(2)12-4-6-13(15)7-5-12/h4-9,11,17H,3,10H2,1-2H3/t11-/m1/s1. The number of hydrogen-bond donors (Lipinski definition) is 1. The number of nitrogens with zero attached hydrogens (tertiary/aromatic N) is 2. The van der Waals surface area contributed by atoms with E-state index in [9.17, 15) is 4.39 Å². The minimum atomic E-state index is -0.201. The summed E-state index contributed by atoms with van der Waals surface area (Å²) in [5.74, 6) is 0.818. The highest BCUT2D eigenvalue weighted by molar-refractivity contribution is 5.19. The van der Waals surface area contributed by atoms with Crippen LogP contribution in [0.3, 0.4) is 0 Å². The smallest absolute Gasteiger partial charge is 0.123 e. The maximum Gasteiger partial charge on any atom is 0.123 e. The number of aryl methyl sites for hydroxylation is 1. The third-order valence-electron chi connectivity index (χ3n) is 3.08. The zero-order valence-electron chi connectivity index (χ0n) is 10.7. The van der Waals surface area contributed by atoms with Crippen LogP contribution >= 0.6 is 0 Å². The fourth-order valence-electron chi connectivity index (χ4n) is 1.91. The molecule has 0 amide bonds. The Bertz CT molecular complexity index is 490. The fourth-order valence-corrected chi connectivity index (χ4v) is 1.91. The van der Waals surface area contributed by atoms with Crippen LogP contribution in [0.1, 0.15) is 31.3 Å². The van der Waals surface area contributed by atoms with E-state index in [1.807, 2.05) is 12.4 Å². The molecular weight excluding hydrogens is 229 g/mol. The average Bonchev–Trinajstić information content (AvgIpc) is 2.84. The molecule has 3 nitrogen and oxygen atoms in total. The molecule has 18 heavy (non-hydrogen) atoms. The number of imidazole rings is 1. The van der Waals surface area contributed by atoms with Crippen LogP contribution in [0.2, 0.25) is 0 Å². The lowest BCUT2D eigenvalue weighted by atomic mass is 10.1. The van der Waals surface area contributed by atoms with Crippen LogP contribution in [0.4, 0.5) is 4.39 Å². The Kier molecular flexibility index (Phi) is 4.10. The number of aromatic nitrogens is 2. The van der Waals surface area contributed by atoms with Crippen LogP contribution in [-0.2, 0) is 13.1 Å². The molecule has 0 saturated carbocycles. The first-order chi connectivity index (χ1) is 8.70.